The highest BCUT2D eigenvalue weighted by molar-refractivity contribution is 7.90. The molecule has 0 amide bonds. The molecule has 1 aromatic heterocycles. The summed E-state index contributed by atoms with van der Waals surface area (Å²) in [5.74, 6) is 0.795. The van der Waals surface area contributed by atoms with Crippen molar-refractivity contribution in [2.24, 2.45) is 4.99 Å². The predicted molar refractivity (Wildman–Crippen MR) is 93.8 cm³/mol. The normalized spacial score (nSPS) is 17.5. The Balaban J connectivity index is 1.74. The van der Waals surface area contributed by atoms with Gasteiger partial charge in [0.25, 0.3) is 0 Å². The highest BCUT2D eigenvalue weighted by Crippen LogP contribution is 2.24. The van der Waals surface area contributed by atoms with E-state index in [1.807, 2.05) is 0 Å². The third-order valence-corrected chi connectivity index (χ3v) is 5.52. The van der Waals surface area contributed by atoms with Crippen molar-refractivity contribution in [2.45, 2.75) is 18.9 Å². The molecule has 0 bridgehead atoms. The Hall–Kier alpha value is -1.28. The highest BCUT2D eigenvalue weighted by Gasteiger charge is 2.20. The molecule has 1 fully saturated rings. The van der Waals surface area contributed by atoms with Crippen molar-refractivity contribution in [3.05, 3.63) is 17.5 Å². The Bertz CT molecular complexity index is 576. The fourth-order valence-corrected chi connectivity index (χ4v) is 3.70. The molecule has 0 spiro atoms. The van der Waals surface area contributed by atoms with Crippen molar-refractivity contribution in [3.63, 3.8) is 0 Å². The number of sulfone groups is 1. The van der Waals surface area contributed by atoms with Crippen LogP contribution in [0.4, 0.5) is 5.00 Å². The summed E-state index contributed by atoms with van der Waals surface area (Å²) in [6.07, 6.45) is 3.33. The van der Waals surface area contributed by atoms with E-state index in [9.17, 15) is 8.42 Å². The first-order valence-corrected chi connectivity index (χ1v) is 10.4. The van der Waals surface area contributed by atoms with Gasteiger partial charge in [-0.3, -0.25) is 4.99 Å². The zero-order valence-electron chi connectivity index (χ0n) is 13.1. The van der Waals surface area contributed by atoms with Crippen LogP contribution >= 0.6 is 11.3 Å². The zero-order valence-corrected chi connectivity index (χ0v) is 14.7. The van der Waals surface area contributed by atoms with Crippen LogP contribution in [0, 0.1) is 0 Å². The number of hydrogen-bond donors (Lipinski definition) is 2. The van der Waals surface area contributed by atoms with E-state index in [2.05, 4.69) is 38.0 Å². The fourth-order valence-electron chi connectivity index (χ4n) is 2.44. The van der Waals surface area contributed by atoms with Crippen molar-refractivity contribution < 1.29 is 8.42 Å². The van der Waals surface area contributed by atoms with Crippen LogP contribution < -0.4 is 15.5 Å². The molecule has 22 heavy (non-hydrogen) atoms. The van der Waals surface area contributed by atoms with Gasteiger partial charge in [-0.15, -0.1) is 11.3 Å². The fraction of sp³-hybridized carbons (Fsp3) is 0.643. The molecule has 1 aromatic rings. The minimum atomic E-state index is -2.94. The molecule has 0 aromatic carbocycles. The first-order valence-electron chi connectivity index (χ1n) is 7.41. The van der Waals surface area contributed by atoms with Crippen LogP contribution in [0.5, 0.6) is 0 Å². The largest absolute Gasteiger partial charge is 0.363 e. The maximum atomic E-state index is 11.1. The maximum absolute atomic E-state index is 11.1. The van der Waals surface area contributed by atoms with E-state index in [1.54, 1.807) is 18.4 Å². The number of anilines is 1. The summed E-state index contributed by atoms with van der Waals surface area (Å²) in [5, 5.41) is 9.87. The third kappa shape index (κ3) is 5.49. The van der Waals surface area contributed by atoms with Gasteiger partial charge >= 0.3 is 0 Å². The molecule has 1 aliphatic heterocycles. The summed E-state index contributed by atoms with van der Waals surface area (Å²) in [6.45, 7) is 2.43. The lowest BCUT2D eigenvalue weighted by atomic mass is 10.1. The Morgan fingerprint density at radius 3 is 2.73 bits per heavy atom. The lowest BCUT2D eigenvalue weighted by molar-refractivity contribution is 0.463. The number of nitrogens with zero attached hydrogens (tertiary/aromatic N) is 2. The van der Waals surface area contributed by atoms with E-state index >= 15 is 0 Å². The van der Waals surface area contributed by atoms with Crippen molar-refractivity contribution in [3.8, 4) is 0 Å². The Labute approximate surface area is 136 Å². The quantitative estimate of drug-likeness (QED) is 0.614. The van der Waals surface area contributed by atoms with Crippen LogP contribution in [-0.2, 0) is 9.84 Å². The van der Waals surface area contributed by atoms with Gasteiger partial charge in [0.1, 0.15) is 9.84 Å². The predicted octanol–water partition coefficient (Wildman–Crippen LogP) is 0.926. The molecule has 1 saturated heterocycles. The number of hydrogen-bond acceptors (Lipinski definition) is 5. The molecular weight excluding hydrogens is 320 g/mol. The first-order chi connectivity index (χ1) is 10.5. The van der Waals surface area contributed by atoms with Gasteiger partial charge in [0.2, 0.25) is 0 Å². The SMILES string of the molecule is CN=C(NCCS(C)(=O)=O)NC1CCN(c2cccs2)CC1. The average Bonchev–Trinajstić information content (AvgIpc) is 3.00. The van der Waals surface area contributed by atoms with E-state index in [4.69, 9.17) is 0 Å². The van der Waals surface area contributed by atoms with Crippen molar-refractivity contribution in [1.29, 1.82) is 0 Å². The highest BCUT2D eigenvalue weighted by atomic mass is 32.2. The Morgan fingerprint density at radius 1 is 1.45 bits per heavy atom. The van der Waals surface area contributed by atoms with E-state index < -0.39 is 9.84 Å². The standard InChI is InChI=1S/C14H24N4O2S2/c1-15-14(16-7-11-22(2,19)20)17-12-5-8-18(9-6-12)13-4-3-10-21-13/h3-4,10,12H,5-9,11H2,1-2H3,(H2,15,16,17). The summed E-state index contributed by atoms with van der Waals surface area (Å²) < 4.78 is 22.3. The molecule has 2 rings (SSSR count). The molecule has 0 radical (unpaired) electrons. The van der Waals surface area contributed by atoms with Crippen LogP contribution in [0.1, 0.15) is 12.8 Å². The van der Waals surface area contributed by atoms with E-state index in [0.717, 1.165) is 25.9 Å². The molecule has 0 unspecified atom stereocenters. The topological polar surface area (TPSA) is 73.8 Å². The number of thiophene rings is 1. The minimum Gasteiger partial charge on any atom is -0.363 e. The molecular formula is C14H24N4O2S2. The van der Waals surface area contributed by atoms with E-state index in [1.165, 1.54) is 11.3 Å². The van der Waals surface area contributed by atoms with Gasteiger partial charge in [0, 0.05) is 39.0 Å². The molecule has 0 saturated carbocycles. The van der Waals surface area contributed by atoms with Crippen LogP contribution in [-0.4, -0.2) is 59.1 Å². The third-order valence-electron chi connectivity index (χ3n) is 3.64. The van der Waals surface area contributed by atoms with Crippen molar-refractivity contribution in [2.75, 3.05) is 43.6 Å². The number of rotatable bonds is 5. The number of guanidine groups is 1. The first kappa shape index (κ1) is 17.1. The van der Waals surface area contributed by atoms with Crippen LogP contribution in [0.2, 0.25) is 0 Å². The van der Waals surface area contributed by atoms with E-state index in [0.29, 0.717) is 18.5 Å². The zero-order chi connectivity index (χ0) is 16.0. The lowest BCUT2D eigenvalue weighted by Gasteiger charge is -2.33. The van der Waals surface area contributed by atoms with Gasteiger partial charge in [0.15, 0.2) is 5.96 Å². The smallest absolute Gasteiger partial charge is 0.191 e. The van der Waals surface area contributed by atoms with Gasteiger partial charge in [-0.2, -0.15) is 0 Å². The van der Waals surface area contributed by atoms with Crippen molar-refractivity contribution >= 4 is 32.1 Å². The summed E-state index contributed by atoms with van der Waals surface area (Å²) in [7, 11) is -1.24. The number of aliphatic imine (C=N–C) groups is 1. The second kappa shape index (κ2) is 7.82. The van der Waals surface area contributed by atoms with Crippen LogP contribution in [0.3, 0.4) is 0 Å². The van der Waals surface area contributed by atoms with Gasteiger partial charge in [-0.25, -0.2) is 8.42 Å². The van der Waals surface area contributed by atoms with Gasteiger partial charge in [0.05, 0.1) is 10.8 Å². The number of nitrogens with one attached hydrogen (secondary N) is 2. The summed E-state index contributed by atoms with van der Waals surface area (Å²) in [5.41, 5.74) is 0. The van der Waals surface area contributed by atoms with E-state index in [-0.39, 0.29) is 5.75 Å². The van der Waals surface area contributed by atoms with Crippen LogP contribution in [0.25, 0.3) is 0 Å². The molecule has 0 aliphatic carbocycles. The summed E-state index contributed by atoms with van der Waals surface area (Å²) in [6, 6.07) is 4.61. The molecule has 8 heteroatoms. The maximum Gasteiger partial charge on any atom is 0.191 e. The van der Waals surface area contributed by atoms with Gasteiger partial charge < -0.3 is 15.5 Å². The second-order valence-corrected chi connectivity index (χ2v) is 8.67. The minimum absolute atomic E-state index is 0.116. The Kier molecular flexibility index (Phi) is 6.07. The average molecular weight is 345 g/mol. The summed E-state index contributed by atoms with van der Waals surface area (Å²) >= 11 is 1.78. The summed E-state index contributed by atoms with van der Waals surface area (Å²) in [4.78, 5) is 6.56. The lowest BCUT2D eigenvalue weighted by Crippen LogP contribution is -2.49. The Morgan fingerprint density at radius 2 is 2.18 bits per heavy atom. The monoisotopic (exact) mass is 344 g/mol. The van der Waals surface area contributed by atoms with Crippen molar-refractivity contribution in [1.82, 2.24) is 10.6 Å². The molecule has 2 N–H and O–H groups in total. The number of piperidine rings is 1. The molecule has 6 nitrogen and oxygen atoms in total. The molecule has 124 valence electrons. The molecule has 1 aliphatic rings. The molecule has 0 atom stereocenters. The second-order valence-electron chi connectivity index (χ2n) is 5.49. The van der Waals surface area contributed by atoms with Gasteiger partial charge in [-0.05, 0) is 30.4 Å². The molecule has 2 heterocycles. The van der Waals surface area contributed by atoms with Crippen LogP contribution in [0.15, 0.2) is 22.5 Å². The van der Waals surface area contributed by atoms with Gasteiger partial charge in [-0.1, -0.05) is 0 Å².